The topological polar surface area (TPSA) is 75.7 Å². The number of nitrogens with one attached hydrogen (secondary N) is 1. The molecular formula is C23H22ClFN2O4S. The summed E-state index contributed by atoms with van der Waals surface area (Å²) >= 11 is 6.12. The largest absolute Gasteiger partial charge is 0.496 e. The monoisotopic (exact) mass is 476 g/mol. The number of hydrogen-bond acceptors (Lipinski definition) is 4. The minimum absolute atomic E-state index is 0.106. The number of ether oxygens (including phenoxy) is 1. The van der Waals surface area contributed by atoms with E-state index in [1.165, 1.54) is 31.4 Å². The second-order valence-corrected chi connectivity index (χ2v) is 9.45. The van der Waals surface area contributed by atoms with Gasteiger partial charge in [0.05, 0.1) is 25.6 Å². The Morgan fingerprint density at radius 2 is 1.81 bits per heavy atom. The van der Waals surface area contributed by atoms with Crippen molar-refractivity contribution in [3.8, 4) is 5.75 Å². The lowest BCUT2D eigenvalue weighted by atomic mass is 10.1. The van der Waals surface area contributed by atoms with Gasteiger partial charge in [0, 0.05) is 21.8 Å². The number of methoxy groups -OCH3 is 1. The lowest BCUT2D eigenvalue weighted by Crippen LogP contribution is -2.29. The summed E-state index contributed by atoms with van der Waals surface area (Å²) in [5.41, 5.74) is 2.38. The molecule has 0 bridgehead atoms. The van der Waals surface area contributed by atoms with Crippen LogP contribution in [0.15, 0.2) is 60.7 Å². The molecule has 0 aromatic heterocycles. The molecule has 0 atom stereocenters. The lowest BCUT2D eigenvalue weighted by Gasteiger charge is -2.24. The van der Waals surface area contributed by atoms with Gasteiger partial charge < -0.3 is 10.1 Å². The predicted octanol–water partition coefficient (Wildman–Crippen LogP) is 5.01. The van der Waals surface area contributed by atoms with Crippen molar-refractivity contribution in [3.63, 3.8) is 0 Å². The van der Waals surface area contributed by atoms with Gasteiger partial charge in [0.15, 0.2) is 0 Å². The van der Waals surface area contributed by atoms with Crippen molar-refractivity contribution in [2.75, 3.05) is 23.0 Å². The molecule has 0 heterocycles. The van der Waals surface area contributed by atoms with Crippen LogP contribution in [0.4, 0.5) is 15.8 Å². The summed E-state index contributed by atoms with van der Waals surface area (Å²) in [5, 5.41) is 3.34. The predicted molar refractivity (Wildman–Crippen MR) is 125 cm³/mol. The van der Waals surface area contributed by atoms with E-state index in [4.69, 9.17) is 16.3 Å². The maximum atomic E-state index is 13.3. The highest BCUT2D eigenvalue weighted by molar-refractivity contribution is 7.92. The fourth-order valence-corrected chi connectivity index (χ4v) is 4.20. The Balaban J connectivity index is 1.95. The molecule has 1 N–H and O–H groups in total. The van der Waals surface area contributed by atoms with E-state index in [2.05, 4.69) is 5.32 Å². The number of amides is 1. The van der Waals surface area contributed by atoms with Crippen molar-refractivity contribution in [3.05, 3.63) is 88.2 Å². The smallest absolute Gasteiger partial charge is 0.255 e. The zero-order chi connectivity index (χ0) is 23.5. The summed E-state index contributed by atoms with van der Waals surface area (Å²) in [6.07, 6.45) is 1.06. The second kappa shape index (κ2) is 9.58. The molecule has 0 saturated carbocycles. The van der Waals surface area contributed by atoms with Gasteiger partial charge in [-0.05, 0) is 67.1 Å². The highest BCUT2D eigenvalue weighted by Gasteiger charge is 2.21. The number of carbonyl (C=O) groups is 1. The number of carbonyl (C=O) groups excluding carboxylic acids is 1. The first-order valence-corrected chi connectivity index (χ1v) is 11.8. The first kappa shape index (κ1) is 23.6. The van der Waals surface area contributed by atoms with Crippen molar-refractivity contribution >= 4 is 38.9 Å². The number of sulfonamides is 1. The van der Waals surface area contributed by atoms with Crippen molar-refractivity contribution in [2.45, 2.75) is 13.5 Å². The maximum absolute atomic E-state index is 13.3. The Morgan fingerprint density at radius 3 is 2.44 bits per heavy atom. The van der Waals surface area contributed by atoms with Crippen LogP contribution in [0.25, 0.3) is 0 Å². The third-order valence-corrected chi connectivity index (χ3v) is 6.44. The van der Waals surface area contributed by atoms with Gasteiger partial charge in [-0.15, -0.1) is 0 Å². The van der Waals surface area contributed by atoms with Crippen molar-refractivity contribution < 1.29 is 22.3 Å². The van der Waals surface area contributed by atoms with Gasteiger partial charge in [-0.2, -0.15) is 0 Å². The lowest BCUT2D eigenvalue weighted by molar-refractivity contribution is 0.102. The van der Waals surface area contributed by atoms with Gasteiger partial charge in [-0.1, -0.05) is 17.7 Å². The highest BCUT2D eigenvalue weighted by Crippen LogP contribution is 2.28. The van der Waals surface area contributed by atoms with Crippen LogP contribution in [0.5, 0.6) is 5.75 Å². The van der Waals surface area contributed by atoms with Crippen LogP contribution < -0.4 is 14.4 Å². The molecule has 3 aromatic rings. The van der Waals surface area contributed by atoms with Crippen molar-refractivity contribution in [1.82, 2.24) is 0 Å². The zero-order valence-electron chi connectivity index (χ0n) is 17.7. The Bertz CT molecular complexity index is 1250. The molecule has 6 nitrogen and oxygen atoms in total. The standard InChI is InChI=1S/C23H22ClFN2O4S/c1-15-20(24)5-4-6-21(15)26-23(28)16-7-12-22(31-2)17(13-16)14-27(32(3,29)30)19-10-8-18(25)9-11-19/h4-13H,14H2,1-3H3,(H,26,28). The Hall–Kier alpha value is -3.10. The van der Waals surface area contributed by atoms with Crippen LogP contribution >= 0.6 is 11.6 Å². The Kier molecular flexibility index (Phi) is 7.06. The van der Waals surface area contributed by atoms with Crippen molar-refractivity contribution in [2.24, 2.45) is 0 Å². The fourth-order valence-electron chi connectivity index (χ4n) is 3.14. The van der Waals surface area contributed by atoms with Crippen LogP contribution in [0.3, 0.4) is 0 Å². The molecule has 0 aliphatic heterocycles. The number of hydrogen-bond donors (Lipinski definition) is 1. The fraction of sp³-hybridized carbons (Fsp3) is 0.174. The molecule has 0 fully saturated rings. The third-order valence-electron chi connectivity index (χ3n) is 4.89. The van der Waals surface area contributed by atoms with Crippen LogP contribution in [-0.4, -0.2) is 27.7 Å². The summed E-state index contributed by atoms with van der Waals surface area (Å²) in [7, 11) is -2.25. The maximum Gasteiger partial charge on any atom is 0.255 e. The van der Waals surface area contributed by atoms with E-state index in [1.54, 1.807) is 43.3 Å². The van der Waals surface area contributed by atoms with Crippen LogP contribution in [0.2, 0.25) is 5.02 Å². The Morgan fingerprint density at radius 1 is 1.12 bits per heavy atom. The molecule has 0 aliphatic carbocycles. The summed E-state index contributed by atoms with van der Waals surface area (Å²) in [4.78, 5) is 12.9. The molecular weight excluding hydrogens is 455 g/mol. The molecule has 0 aliphatic rings. The van der Waals surface area contributed by atoms with Gasteiger partial charge >= 0.3 is 0 Å². The first-order valence-electron chi connectivity index (χ1n) is 9.57. The van der Waals surface area contributed by atoms with Gasteiger partial charge in [0.2, 0.25) is 10.0 Å². The molecule has 168 valence electrons. The van der Waals surface area contributed by atoms with E-state index in [0.717, 1.165) is 16.1 Å². The molecule has 1 amide bonds. The van der Waals surface area contributed by atoms with Crippen LogP contribution in [0, 0.1) is 12.7 Å². The normalized spacial score (nSPS) is 11.2. The number of benzene rings is 3. The van der Waals surface area contributed by atoms with Crippen LogP contribution in [0.1, 0.15) is 21.5 Å². The molecule has 0 saturated heterocycles. The highest BCUT2D eigenvalue weighted by atomic mass is 35.5. The van der Waals surface area contributed by atoms with E-state index in [1.807, 2.05) is 0 Å². The molecule has 9 heteroatoms. The van der Waals surface area contributed by atoms with Gasteiger partial charge in [-0.3, -0.25) is 9.10 Å². The first-order chi connectivity index (χ1) is 15.1. The number of nitrogens with zero attached hydrogens (tertiary/aromatic N) is 1. The molecule has 32 heavy (non-hydrogen) atoms. The van der Waals surface area contributed by atoms with E-state index < -0.39 is 15.8 Å². The van der Waals surface area contributed by atoms with Gasteiger partial charge in [-0.25, -0.2) is 12.8 Å². The summed E-state index contributed by atoms with van der Waals surface area (Å²) in [5.74, 6) is -0.446. The Labute approximate surface area is 191 Å². The van der Waals surface area contributed by atoms with E-state index in [0.29, 0.717) is 33.3 Å². The van der Waals surface area contributed by atoms with Crippen molar-refractivity contribution in [1.29, 1.82) is 0 Å². The van der Waals surface area contributed by atoms with E-state index >= 15 is 0 Å². The number of rotatable bonds is 7. The average molecular weight is 477 g/mol. The summed E-state index contributed by atoms with van der Waals surface area (Å²) in [6, 6.07) is 15.1. The molecule has 0 radical (unpaired) electrons. The SMILES string of the molecule is COc1ccc(C(=O)Nc2cccc(Cl)c2C)cc1CN(c1ccc(F)cc1)S(C)(=O)=O. The zero-order valence-corrected chi connectivity index (χ0v) is 19.3. The summed E-state index contributed by atoms with van der Waals surface area (Å²) < 4.78 is 44.7. The third kappa shape index (κ3) is 5.38. The van der Waals surface area contributed by atoms with Gasteiger partial charge in [0.1, 0.15) is 11.6 Å². The minimum Gasteiger partial charge on any atom is -0.496 e. The quantitative estimate of drug-likeness (QED) is 0.519. The van der Waals surface area contributed by atoms with Crippen LogP contribution in [-0.2, 0) is 16.6 Å². The average Bonchev–Trinajstić information content (AvgIpc) is 2.75. The molecule has 3 aromatic carbocycles. The number of anilines is 2. The second-order valence-electron chi connectivity index (χ2n) is 7.14. The van der Waals surface area contributed by atoms with E-state index in [9.17, 15) is 17.6 Å². The molecule has 0 spiro atoms. The van der Waals surface area contributed by atoms with Gasteiger partial charge in [0.25, 0.3) is 5.91 Å². The molecule has 3 rings (SSSR count). The van der Waals surface area contributed by atoms with E-state index in [-0.39, 0.29) is 12.5 Å². The number of halogens is 2. The minimum atomic E-state index is -3.71. The summed E-state index contributed by atoms with van der Waals surface area (Å²) in [6.45, 7) is 1.69. The molecule has 0 unspecified atom stereocenters.